The van der Waals surface area contributed by atoms with E-state index in [0.717, 1.165) is 21.9 Å². The van der Waals surface area contributed by atoms with Crippen LogP contribution in [-0.2, 0) is 0 Å². The van der Waals surface area contributed by atoms with Crippen LogP contribution in [0.1, 0.15) is 15.2 Å². The number of anilines is 1. The number of pyridine rings is 1. The lowest BCUT2D eigenvalue weighted by molar-refractivity contribution is 0.102. The van der Waals surface area contributed by atoms with E-state index in [0.29, 0.717) is 16.5 Å². The molecule has 0 fully saturated rings. The van der Waals surface area contributed by atoms with Crippen molar-refractivity contribution in [2.45, 2.75) is 6.92 Å². The fourth-order valence-electron chi connectivity index (χ4n) is 2.70. The lowest BCUT2D eigenvalue weighted by atomic mass is 10.1. The van der Waals surface area contributed by atoms with E-state index in [1.807, 2.05) is 37.3 Å². The minimum absolute atomic E-state index is 0.255. The quantitative estimate of drug-likeness (QED) is 0.557. The highest BCUT2D eigenvalue weighted by Gasteiger charge is 2.14. The van der Waals surface area contributed by atoms with Gasteiger partial charge < -0.3 is 4.74 Å². The van der Waals surface area contributed by atoms with Gasteiger partial charge in [-0.25, -0.2) is 14.6 Å². The summed E-state index contributed by atoms with van der Waals surface area (Å²) in [4.78, 5) is 22.4. The van der Waals surface area contributed by atoms with Crippen molar-refractivity contribution in [3.63, 3.8) is 0 Å². The van der Waals surface area contributed by atoms with E-state index < -0.39 is 0 Å². The fourth-order valence-corrected chi connectivity index (χ4v) is 3.53. The van der Waals surface area contributed by atoms with Gasteiger partial charge in [-0.3, -0.25) is 10.1 Å². The number of nitrogens with zero attached hydrogens (tertiary/aromatic N) is 4. The third-order valence-electron chi connectivity index (χ3n) is 4.13. The molecule has 3 heterocycles. The molecule has 28 heavy (non-hydrogen) atoms. The van der Waals surface area contributed by atoms with Gasteiger partial charge in [0.05, 0.1) is 18.4 Å². The largest absolute Gasteiger partial charge is 0.497 e. The van der Waals surface area contributed by atoms with Gasteiger partial charge in [0.15, 0.2) is 10.9 Å². The molecule has 0 aliphatic heterocycles. The van der Waals surface area contributed by atoms with Crippen molar-refractivity contribution in [3.05, 3.63) is 71.5 Å². The number of aryl methyl sites for hydroxylation is 1. The number of nitrogens with one attached hydrogen (secondary N) is 1. The fraction of sp³-hybridized carbons (Fsp3) is 0.100. The van der Waals surface area contributed by atoms with Crippen LogP contribution in [0.2, 0.25) is 0 Å². The second-order valence-corrected chi connectivity index (χ2v) is 7.17. The summed E-state index contributed by atoms with van der Waals surface area (Å²) in [6, 6.07) is 12.9. The molecule has 7 nitrogen and oxygen atoms in total. The van der Waals surface area contributed by atoms with Gasteiger partial charge in [-0.1, -0.05) is 0 Å². The molecule has 3 aromatic heterocycles. The molecule has 0 atom stereocenters. The highest BCUT2D eigenvalue weighted by atomic mass is 32.1. The Balaban J connectivity index is 1.50. The maximum atomic E-state index is 12.5. The van der Waals surface area contributed by atoms with E-state index in [2.05, 4.69) is 20.4 Å². The summed E-state index contributed by atoms with van der Waals surface area (Å²) >= 11 is 1.43. The van der Waals surface area contributed by atoms with Gasteiger partial charge in [0.2, 0.25) is 0 Å². The average molecular weight is 391 g/mol. The van der Waals surface area contributed by atoms with E-state index in [9.17, 15) is 4.79 Å². The van der Waals surface area contributed by atoms with Gasteiger partial charge >= 0.3 is 0 Å². The minimum atomic E-state index is -0.255. The number of hydrogen-bond donors (Lipinski definition) is 1. The molecule has 1 N–H and O–H groups in total. The van der Waals surface area contributed by atoms with Gasteiger partial charge in [-0.05, 0) is 49.4 Å². The molecule has 4 rings (SSSR count). The van der Waals surface area contributed by atoms with Crippen LogP contribution in [0.4, 0.5) is 5.13 Å². The van der Waals surface area contributed by atoms with E-state index in [4.69, 9.17) is 4.74 Å². The molecule has 0 bridgehead atoms. The van der Waals surface area contributed by atoms with Crippen molar-refractivity contribution < 1.29 is 9.53 Å². The van der Waals surface area contributed by atoms with Crippen LogP contribution in [0.25, 0.3) is 17.1 Å². The van der Waals surface area contributed by atoms with Crippen LogP contribution in [0.15, 0.2) is 61.1 Å². The summed E-state index contributed by atoms with van der Waals surface area (Å²) in [5.41, 5.74) is 2.27. The summed E-state index contributed by atoms with van der Waals surface area (Å²) in [5, 5.41) is 7.51. The van der Waals surface area contributed by atoms with Crippen molar-refractivity contribution in [1.29, 1.82) is 0 Å². The van der Waals surface area contributed by atoms with Crippen molar-refractivity contribution in [2.75, 3.05) is 12.4 Å². The Morgan fingerprint density at radius 3 is 2.64 bits per heavy atom. The van der Waals surface area contributed by atoms with Gasteiger partial charge in [-0.2, -0.15) is 5.10 Å². The third-order valence-corrected chi connectivity index (χ3v) is 5.02. The van der Waals surface area contributed by atoms with Crippen molar-refractivity contribution >= 4 is 22.4 Å². The smallest absolute Gasteiger partial charge is 0.259 e. The topological polar surface area (TPSA) is 81.9 Å². The first-order valence-corrected chi connectivity index (χ1v) is 9.35. The van der Waals surface area contributed by atoms with Crippen LogP contribution in [0, 0.1) is 6.92 Å². The highest BCUT2D eigenvalue weighted by molar-refractivity contribution is 7.16. The molecular weight excluding hydrogens is 374 g/mol. The minimum Gasteiger partial charge on any atom is -0.497 e. The first-order chi connectivity index (χ1) is 13.6. The van der Waals surface area contributed by atoms with E-state index in [1.165, 1.54) is 17.5 Å². The Bertz CT molecular complexity index is 1090. The maximum Gasteiger partial charge on any atom is 0.259 e. The highest BCUT2D eigenvalue weighted by Crippen LogP contribution is 2.31. The SMILES string of the molecule is COc1ccc(-c2nc(NC(=O)c3ccc(-n4cccn4)nc3)sc2C)cc1. The van der Waals surface area contributed by atoms with E-state index in [-0.39, 0.29) is 5.91 Å². The Kier molecular flexibility index (Phi) is 4.86. The Morgan fingerprint density at radius 1 is 1.18 bits per heavy atom. The number of rotatable bonds is 5. The van der Waals surface area contributed by atoms with Gasteiger partial charge in [0.1, 0.15) is 5.75 Å². The summed E-state index contributed by atoms with van der Waals surface area (Å²) in [6.45, 7) is 1.98. The predicted octanol–water partition coefficient (Wildman–Crippen LogP) is 3.96. The molecule has 0 saturated heterocycles. The number of thiazole rings is 1. The lowest BCUT2D eigenvalue weighted by Crippen LogP contribution is -2.12. The van der Waals surface area contributed by atoms with Crippen LogP contribution in [0.3, 0.4) is 0 Å². The van der Waals surface area contributed by atoms with Crippen LogP contribution < -0.4 is 10.1 Å². The number of ether oxygens (including phenoxy) is 1. The second-order valence-electron chi connectivity index (χ2n) is 5.96. The van der Waals surface area contributed by atoms with Crippen molar-refractivity contribution in [1.82, 2.24) is 19.7 Å². The van der Waals surface area contributed by atoms with Gasteiger partial charge in [-0.15, -0.1) is 11.3 Å². The molecule has 0 spiro atoms. The molecule has 8 heteroatoms. The summed E-state index contributed by atoms with van der Waals surface area (Å²) in [6.07, 6.45) is 4.99. The average Bonchev–Trinajstić information content (AvgIpc) is 3.38. The number of carbonyl (C=O) groups excluding carboxylic acids is 1. The molecule has 0 saturated carbocycles. The molecule has 1 aromatic carbocycles. The first kappa shape index (κ1) is 17.9. The maximum absolute atomic E-state index is 12.5. The monoisotopic (exact) mass is 391 g/mol. The van der Waals surface area contributed by atoms with Crippen LogP contribution >= 0.6 is 11.3 Å². The standard InChI is InChI=1S/C20H17N5O2S/c1-13-18(14-4-7-16(27-2)8-5-14)23-20(28-13)24-19(26)15-6-9-17(21-12-15)25-11-3-10-22-25/h3-12H,1-2H3,(H,23,24,26). The molecule has 0 aliphatic rings. The third kappa shape index (κ3) is 3.63. The van der Waals surface area contributed by atoms with Gasteiger partial charge in [0, 0.05) is 29.0 Å². The lowest BCUT2D eigenvalue weighted by Gasteiger charge is -2.04. The molecular formula is C20H17N5O2S. The zero-order chi connectivity index (χ0) is 19.5. The Labute approximate surface area is 165 Å². The van der Waals surface area contributed by atoms with Gasteiger partial charge in [0.25, 0.3) is 5.91 Å². The zero-order valence-electron chi connectivity index (χ0n) is 15.3. The number of methoxy groups -OCH3 is 1. The number of hydrogen-bond acceptors (Lipinski definition) is 6. The van der Waals surface area contributed by atoms with Crippen molar-refractivity contribution in [3.8, 4) is 22.8 Å². The van der Waals surface area contributed by atoms with Crippen LogP contribution in [-0.4, -0.2) is 32.8 Å². The summed E-state index contributed by atoms with van der Waals surface area (Å²) in [5.74, 6) is 1.18. The zero-order valence-corrected chi connectivity index (χ0v) is 16.1. The predicted molar refractivity (Wildman–Crippen MR) is 108 cm³/mol. The number of amides is 1. The number of aromatic nitrogens is 4. The first-order valence-electron chi connectivity index (χ1n) is 8.53. The number of carbonyl (C=O) groups is 1. The molecule has 4 aromatic rings. The summed E-state index contributed by atoms with van der Waals surface area (Å²) in [7, 11) is 1.63. The second kappa shape index (κ2) is 7.61. The summed E-state index contributed by atoms with van der Waals surface area (Å²) < 4.78 is 6.82. The molecule has 0 aliphatic carbocycles. The molecule has 1 amide bonds. The van der Waals surface area contributed by atoms with E-state index in [1.54, 1.807) is 36.3 Å². The Hall–Kier alpha value is -3.52. The Morgan fingerprint density at radius 2 is 2.00 bits per heavy atom. The van der Waals surface area contributed by atoms with Crippen molar-refractivity contribution in [2.24, 2.45) is 0 Å². The molecule has 0 unspecified atom stereocenters. The van der Waals surface area contributed by atoms with Crippen LogP contribution in [0.5, 0.6) is 5.75 Å². The normalized spacial score (nSPS) is 10.6. The molecule has 140 valence electrons. The van der Waals surface area contributed by atoms with E-state index >= 15 is 0 Å². The number of benzene rings is 1. The molecule has 0 radical (unpaired) electrons.